The van der Waals surface area contributed by atoms with Gasteiger partial charge in [0.1, 0.15) is 0 Å². The van der Waals surface area contributed by atoms with Gasteiger partial charge in [-0.05, 0) is 6.07 Å². The molecule has 0 atom stereocenters. The van der Waals surface area contributed by atoms with Crippen molar-refractivity contribution in [2.45, 2.75) is 0 Å². The Labute approximate surface area is 52.7 Å². The highest BCUT2D eigenvalue weighted by molar-refractivity contribution is 5.56. The Morgan fingerprint density at radius 3 is 3.56 bits per heavy atom. The van der Waals surface area contributed by atoms with Crippen LogP contribution in [0.4, 0.5) is 5.69 Å². The lowest BCUT2D eigenvalue weighted by atomic mass is 10.4. The fraction of sp³-hybridized carbons (Fsp3) is 0.167. The largest absolute Gasteiger partial charge is 0.470 e. The number of nitrogens with one attached hydrogen (secondary N) is 1. The molecule has 0 saturated heterocycles. The fourth-order valence-corrected chi connectivity index (χ4v) is 0.833. The van der Waals surface area contributed by atoms with Crippen molar-refractivity contribution in [3.8, 4) is 5.75 Å². The number of fused-ring (bicyclic) bond motifs is 1. The van der Waals surface area contributed by atoms with E-state index in [4.69, 9.17) is 4.74 Å². The van der Waals surface area contributed by atoms with Crippen LogP contribution in [-0.2, 0) is 0 Å². The summed E-state index contributed by atoms with van der Waals surface area (Å²) in [5, 5.41) is 3.04. The Morgan fingerprint density at radius 1 is 1.67 bits per heavy atom. The molecule has 0 radical (unpaired) electrons. The average Bonchev–Trinajstić information content (AvgIpc) is 2.33. The maximum absolute atomic E-state index is 5.12. The number of anilines is 1. The van der Waals surface area contributed by atoms with E-state index in [0.717, 1.165) is 11.4 Å². The maximum Gasteiger partial charge on any atom is 0.163 e. The Hall–Kier alpha value is -1.25. The van der Waals surface area contributed by atoms with E-state index in [-0.39, 0.29) is 0 Å². The number of hydrogen-bond donors (Lipinski definition) is 1. The molecule has 1 N–H and O–H groups in total. The highest BCUT2D eigenvalue weighted by Crippen LogP contribution is 2.25. The van der Waals surface area contributed by atoms with Crippen molar-refractivity contribution in [1.29, 1.82) is 0 Å². The van der Waals surface area contributed by atoms with Gasteiger partial charge in [0.25, 0.3) is 0 Å². The highest BCUT2D eigenvalue weighted by atomic mass is 16.5. The molecule has 0 aliphatic carbocycles. The number of rotatable bonds is 0. The van der Waals surface area contributed by atoms with E-state index in [1.807, 2.05) is 6.07 Å². The quantitative estimate of drug-likeness (QED) is 0.553. The molecule has 1 aliphatic heterocycles. The molecule has 1 aromatic rings. The third-order valence-electron chi connectivity index (χ3n) is 1.27. The molecule has 1 aromatic heterocycles. The second-order valence-electron chi connectivity index (χ2n) is 1.84. The van der Waals surface area contributed by atoms with Gasteiger partial charge in [-0.3, -0.25) is 4.98 Å². The summed E-state index contributed by atoms with van der Waals surface area (Å²) < 4.78 is 5.12. The number of hydrogen-bond acceptors (Lipinski definition) is 3. The summed E-state index contributed by atoms with van der Waals surface area (Å²) in [6.45, 7) is 0.570. The molecule has 9 heavy (non-hydrogen) atoms. The van der Waals surface area contributed by atoms with E-state index in [9.17, 15) is 0 Å². The molecule has 0 bridgehead atoms. The van der Waals surface area contributed by atoms with Crippen LogP contribution in [0.2, 0.25) is 0 Å². The number of nitrogens with zero attached hydrogens (tertiary/aromatic N) is 1. The molecular weight excluding hydrogens is 116 g/mol. The Morgan fingerprint density at radius 2 is 2.67 bits per heavy atom. The van der Waals surface area contributed by atoms with Gasteiger partial charge in [0.15, 0.2) is 12.5 Å². The zero-order valence-electron chi connectivity index (χ0n) is 4.79. The number of pyridine rings is 1. The first kappa shape index (κ1) is 4.61. The second-order valence-corrected chi connectivity index (χ2v) is 1.84. The van der Waals surface area contributed by atoms with Gasteiger partial charge >= 0.3 is 0 Å². The normalized spacial score (nSPS) is 13.8. The zero-order valence-corrected chi connectivity index (χ0v) is 4.79. The molecule has 0 spiro atoms. The van der Waals surface area contributed by atoms with Gasteiger partial charge in [-0.15, -0.1) is 0 Å². The van der Waals surface area contributed by atoms with Crippen LogP contribution >= 0.6 is 0 Å². The van der Waals surface area contributed by atoms with Crippen LogP contribution in [0.15, 0.2) is 18.5 Å². The SMILES string of the molecule is c1cc2c(cn1)OCN2. The van der Waals surface area contributed by atoms with Crippen LogP contribution in [0, 0.1) is 0 Å². The van der Waals surface area contributed by atoms with Crippen molar-refractivity contribution in [3.05, 3.63) is 18.5 Å². The Bertz CT molecular complexity index is 201. The molecule has 2 rings (SSSR count). The molecule has 2 heterocycles. The van der Waals surface area contributed by atoms with Crippen LogP contribution in [0.3, 0.4) is 0 Å². The van der Waals surface area contributed by atoms with Crippen LogP contribution in [-0.4, -0.2) is 11.7 Å². The standard InChI is InChI=1S/C6H6N2O/c1-2-7-3-6-5(1)8-4-9-6/h1-3,8H,4H2. The minimum atomic E-state index is 0.570. The van der Waals surface area contributed by atoms with Gasteiger partial charge in [-0.2, -0.15) is 0 Å². The third-order valence-corrected chi connectivity index (χ3v) is 1.27. The molecule has 46 valence electrons. The molecule has 3 nitrogen and oxygen atoms in total. The van der Waals surface area contributed by atoms with Crippen LogP contribution in [0.25, 0.3) is 0 Å². The topological polar surface area (TPSA) is 34.1 Å². The first-order valence-corrected chi connectivity index (χ1v) is 2.77. The smallest absolute Gasteiger partial charge is 0.163 e. The third kappa shape index (κ3) is 0.614. The monoisotopic (exact) mass is 122 g/mol. The molecule has 3 heteroatoms. The maximum atomic E-state index is 5.12. The molecule has 0 unspecified atom stereocenters. The molecule has 0 aromatic carbocycles. The van der Waals surface area contributed by atoms with Gasteiger partial charge in [0.2, 0.25) is 0 Å². The first-order chi connectivity index (χ1) is 4.47. The van der Waals surface area contributed by atoms with Gasteiger partial charge in [0.05, 0.1) is 11.9 Å². The highest BCUT2D eigenvalue weighted by Gasteiger charge is 2.07. The summed E-state index contributed by atoms with van der Waals surface area (Å²) in [7, 11) is 0. The van der Waals surface area contributed by atoms with E-state index in [1.165, 1.54) is 0 Å². The molecule has 0 saturated carbocycles. The first-order valence-electron chi connectivity index (χ1n) is 2.77. The number of ether oxygens (including phenoxy) is 1. The van der Waals surface area contributed by atoms with Crippen LogP contribution in [0.1, 0.15) is 0 Å². The predicted octanol–water partition coefficient (Wildman–Crippen LogP) is 0.843. The van der Waals surface area contributed by atoms with E-state index in [1.54, 1.807) is 12.4 Å². The van der Waals surface area contributed by atoms with Crippen molar-refractivity contribution in [3.63, 3.8) is 0 Å². The lowest BCUT2D eigenvalue weighted by molar-refractivity contribution is 0.371. The van der Waals surface area contributed by atoms with E-state index >= 15 is 0 Å². The van der Waals surface area contributed by atoms with E-state index in [2.05, 4.69) is 10.3 Å². The zero-order chi connectivity index (χ0) is 6.10. The second kappa shape index (κ2) is 1.62. The minimum Gasteiger partial charge on any atom is -0.470 e. The average molecular weight is 122 g/mol. The lowest BCUT2D eigenvalue weighted by Crippen LogP contribution is -1.96. The van der Waals surface area contributed by atoms with Gasteiger partial charge in [-0.25, -0.2) is 0 Å². The minimum absolute atomic E-state index is 0.570. The van der Waals surface area contributed by atoms with Crippen molar-refractivity contribution in [2.24, 2.45) is 0 Å². The van der Waals surface area contributed by atoms with E-state index in [0.29, 0.717) is 6.73 Å². The van der Waals surface area contributed by atoms with E-state index < -0.39 is 0 Å². The summed E-state index contributed by atoms with van der Waals surface area (Å²) in [4.78, 5) is 3.89. The molecular formula is C6H6N2O. The predicted molar refractivity (Wildman–Crippen MR) is 33.4 cm³/mol. The fourth-order valence-electron chi connectivity index (χ4n) is 0.833. The summed E-state index contributed by atoms with van der Waals surface area (Å²) in [5.41, 5.74) is 1.03. The Kier molecular flexibility index (Phi) is 0.828. The summed E-state index contributed by atoms with van der Waals surface area (Å²) in [6, 6.07) is 1.89. The summed E-state index contributed by atoms with van der Waals surface area (Å²) >= 11 is 0. The lowest BCUT2D eigenvalue weighted by Gasteiger charge is -1.90. The van der Waals surface area contributed by atoms with Crippen molar-refractivity contribution in [1.82, 2.24) is 4.98 Å². The van der Waals surface area contributed by atoms with Crippen molar-refractivity contribution < 1.29 is 4.74 Å². The van der Waals surface area contributed by atoms with Gasteiger partial charge in [0, 0.05) is 6.20 Å². The number of aromatic nitrogens is 1. The Balaban J connectivity index is 2.54. The van der Waals surface area contributed by atoms with Gasteiger partial charge < -0.3 is 10.1 Å². The summed E-state index contributed by atoms with van der Waals surface area (Å²) in [5.74, 6) is 0.845. The summed E-state index contributed by atoms with van der Waals surface area (Å²) in [6.07, 6.45) is 3.44. The molecule has 0 amide bonds. The van der Waals surface area contributed by atoms with Crippen LogP contribution in [0.5, 0.6) is 5.75 Å². The van der Waals surface area contributed by atoms with Crippen molar-refractivity contribution >= 4 is 5.69 Å². The van der Waals surface area contributed by atoms with Crippen molar-refractivity contribution in [2.75, 3.05) is 12.0 Å². The molecule has 0 fully saturated rings. The van der Waals surface area contributed by atoms with Gasteiger partial charge in [-0.1, -0.05) is 0 Å². The molecule has 1 aliphatic rings. The van der Waals surface area contributed by atoms with Crippen LogP contribution < -0.4 is 10.1 Å².